The summed E-state index contributed by atoms with van der Waals surface area (Å²) in [7, 11) is 0. The second kappa shape index (κ2) is 13.3. The predicted molar refractivity (Wildman–Crippen MR) is 239 cm³/mol. The first-order chi connectivity index (χ1) is 27.8. The van der Waals surface area contributed by atoms with Gasteiger partial charge in [-0.05, 0) is 101 Å². The lowest BCUT2D eigenvalue weighted by Gasteiger charge is -2.27. The average molecular weight is 735 g/mol. The van der Waals surface area contributed by atoms with Crippen LogP contribution in [0.25, 0.3) is 64.0 Å². The van der Waals surface area contributed by atoms with Crippen molar-refractivity contribution in [3.05, 3.63) is 206 Å². The minimum atomic E-state index is 0.883. The number of anilines is 6. The van der Waals surface area contributed by atoms with Crippen molar-refractivity contribution in [1.29, 1.82) is 0 Å². The number of hydrogen-bond acceptors (Lipinski definition) is 4. The molecule has 11 aromatic rings. The molecule has 2 heterocycles. The molecule has 0 fully saturated rings. The van der Waals surface area contributed by atoms with Crippen molar-refractivity contribution in [3.8, 4) is 11.1 Å². The van der Waals surface area contributed by atoms with Gasteiger partial charge in [0.1, 0.15) is 11.2 Å². The fraction of sp³-hybridized carbons (Fsp3) is 0. The molecule has 11 rings (SSSR count). The Morgan fingerprint density at radius 2 is 0.893 bits per heavy atom. The molecular formula is C52H34N2OS. The van der Waals surface area contributed by atoms with Gasteiger partial charge in [-0.15, -0.1) is 11.3 Å². The van der Waals surface area contributed by atoms with Gasteiger partial charge in [0, 0.05) is 70.8 Å². The van der Waals surface area contributed by atoms with E-state index in [1.807, 2.05) is 23.5 Å². The molecule has 4 heteroatoms. The summed E-state index contributed by atoms with van der Waals surface area (Å²) in [5, 5.41) is 7.23. The fourth-order valence-electron chi connectivity index (χ4n) is 8.26. The summed E-state index contributed by atoms with van der Waals surface area (Å²) in [6, 6.07) is 73.8. The van der Waals surface area contributed by atoms with Gasteiger partial charge in [-0.2, -0.15) is 0 Å². The standard InChI is InChI=1S/C52H34N2OS/c1-4-14-36(15-5-1)53(39-25-27-45-44-22-12-13-23-49(44)55-50(45)33-39)40-26-28-46-47-32-35(24-31-51(47)56-52(46)34-40)41-29-30-48(43-21-11-10-20-42(41)43)54(37-16-6-2-7-17-37)38-18-8-3-9-19-38/h1-34H. The van der Waals surface area contributed by atoms with Crippen LogP contribution in [0.5, 0.6) is 0 Å². The zero-order valence-corrected chi connectivity index (χ0v) is 31.2. The largest absolute Gasteiger partial charge is 0.456 e. The zero-order valence-electron chi connectivity index (χ0n) is 30.3. The zero-order chi connectivity index (χ0) is 37.0. The number of rotatable bonds is 7. The SMILES string of the molecule is c1ccc(N(c2ccc3c(c2)oc2ccccc23)c2ccc3c(c2)sc2ccc(-c4ccc(N(c5ccccc5)c5ccccc5)c5ccccc45)cc23)cc1. The summed E-state index contributed by atoms with van der Waals surface area (Å²) in [4.78, 5) is 4.68. The van der Waals surface area contributed by atoms with Crippen molar-refractivity contribution in [1.82, 2.24) is 0 Å². The summed E-state index contributed by atoms with van der Waals surface area (Å²) in [6.45, 7) is 0. The Hall–Kier alpha value is -7.14. The highest BCUT2D eigenvalue weighted by Crippen LogP contribution is 2.45. The number of hydrogen-bond donors (Lipinski definition) is 0. The second-order valence-corrected chi connectivity index (χ2v) is 15.2. The van der Waals surface area contributed by atoms with E-state index < -0.39 is 0 Å². The molecule has 0 radical (unpaired) electrons. The number of thiophene rings is 1. The van der Waals surface area contributed by atoms with E-state index in [1.54, 1.807) is 0 Å². The van der Waals surface area contributed by atoms with Gasteiger partial charge in [0.2, 0.25) is 0 Å². The third kappa shape index (κ3) is 5.42. The van der Waals surface area contributed by atoms with Crippen molar-refractivity contribution in [3.63, 3.8) is 0 Å². The van der Waals surface area contributed by atoms with Crippen LogP contribution in [0.4, 0.5) is 34.1 Å². The summed E-state index contributed by atoms with van der Waals surface area (Å²) in [6.07, 6.45) is 0. The van der Waals surface area contributed by atoms with Gasteiger partial charge in [0.05, 0.1) is 5.69 Å². The van der Waals surface area contributed by atoms with Gasteiger partial charge >= 0.3 is 0 Å². The third-order valence-electron chi connectivity index (χ3n) is 10.8. The van der Waals surface area contributed by atoms with E-state index in [4.69, 9.17) is 4.42 Å². The van der Waals surface area contributed by atoms with E-state index in [9.17, 15) is 0 Å². The maximum atomic E-state index is 6.33. The predicted octanol–water partition coefficient (Wildman–Crippen LogP) is 15.7. The molecule has 9 aromatic carbocycles. The lowest BCUT2D eigenvalue weighted by Crippen LogP contribution is -2.10. The third-order valence-corrected chi connectivity index (χ3v) is 12.0. The molecule has 56 heavy (non-hydrogen) atoms. The quantitative estimate of drug-likeness (QED) is 0.163. The van der Waals surface area contributed by atoms with Crippen LogP contribution < -0.4 is 9.80 Å². The van der Waals surface area contributed by atoms with Crippen LogP contribution in [0.15, 0.2) is 211 Å². The summed E-state index contributed by atoms with van der Waals surface area (Å²) in [5.41, 5.74) is 10.9. The van der Waals surface area contributed by atoms with Crippen LogP contribution >= 0.6 is 11.3 Å². The number of nitrogens with zero attached hydrogens (tertiary/aromatic N) is 2. The maximum Gasteiger partial charge on any atom is 0.137 e. The Morgan fingerprint density at radius 3 is 1.61 bits per heavy atom. The van der Waals surface area contributed by atoms with Gasteiger partial charge in [0.15, 0.2) is 0 Å². The van der Waals surface area contributed by atoms with Gasteiger partial charge in [-0.1, -0.05) is 115 Å². The smallest absolute Gasteiger partial charge is 0.137 e. The Morgan fingerprint density at radius 1 is 0.321 bits per heavy atom. The molecule has 0 aliphatic carbocycles. The van der Waals surface area contributed by atoms with Gasteiger partial charge < -0.3 is 14.2 Å². The summed E-state index contributed by atoms with van der Waals surface area (Å²) in [5.74, 6) is 0. The molecule has 0 atom stereocenters. The van der Waals surface area contributed by atoms with E-state index in [0.29, 0.717) is 0 Å². The number of benzene rings is 9. The molecule has 0 unspecified atom stereocenters. The Kier molecular flexibility index (Phi) is 7.68. The molecule has 0 saturated carbocycles. The molecule has 3 nitrogen and oxygen atoms in total. The molecule has 264 valence electrons. The first-order valence-electron chi connectivity index (χ1n) is 18.9. The minimum Gasteiger partial charge on any atom is -0.456 e. The van der Waals surface area contributed by atoms with Crippen LogP contribution in [-0.4, -0.2) is 0 Å². The molecule has 0 N–H and O–H groups in total. The van der Waals surface area contributed by atoms with Crippen molar-refractivity contribution in [2.75, 3.05) is 9.80 Å². The highest BCUT2D eigenvalue weighted by molar-refractivity contribution is 7.25. The lowest BCUT2D eigenvalue weighted by atomic mass is 9.95. The molecule has 0 aliphatic heterocycles. The second-order valence-electron chi connectivity index (χ2n) is 14.1. The highest BCUT2D eigenvalue weighted by Gasteiger charge is 2.19. The van der Waals surface area contributed by atoms with Crippen molar-refractivity contribution in [2.24, 2.45) is 0 Å². The van der Waals surface area contributed by atoms with Crippen LogP contribution in [0.3, 0.4) is 0 Å². The number of furan rings is 1. The fourth-order valence-corrected chi connectivity index (χ4v) is 9.38. The van der Waals surface area contributed by atoms with Crippen LogP contribution in [0.1, 0.15) is 0 Å². The summed E-state index contributed by atoms with van der Waals surface area (Å²) < 4.78 is 8.86. The normalized spacial score (nSPS) is 11.6. The molecular weight excluding hydrogens is 701 g/mol. The molecule has 0 bridgehead atoms. The molecule has 0 aliphatic rings. The van der Waals surface area contributed by atoms with Gasteiger partial charge in [-0.3, -0.25) is 0 Å². The first kappa shape index (κ1) is 32.3. The first-order valence-corrected chi connectivity index (χ1v) is 19.7. The van der Waals surface area contributed by atoms with Gasteiger partial charge in [-0.25, -0.2) is 0 Å². The molecule has 0 amide bonds. The number of para-hydroxylation sites is 4. The molecule has 0 saturated heterocycles. The van der Waals surface area contributed by atoms with Gasteiger partial charge in [0.25, 0.3) is 0 Å². The Balaban J connectivity index is 1.02. The van der Waals surface area contributed by atoms with Crippen molar-refractivity contribution >= 4 is 98.3 Å². The Labute approximate surface area is 328 Å². The molecule has 0 spiro atoms. The van der Waals surface area contributed by atoms with Crippen LogP contribution in [-0.2, 0) is 0 Å². The minimum absolute atomic E-state index is 0.883. The van der Waals surface area contributed by atoms with E-state index in [-0.39, 0.29) is 0 Å². The van der Waals surface area contributed by atoms with E-state index >= 15 is 0 Å². The van der Waals surface area contributed by atoms with Crippen LogP contribution in [0.2, 0.25) is 0 Å². The lowest BCUT2D eigenvalue weighted by molar-refractivity contribution is 0.669. The maximum absolute atomic E-state index is 6.33. The topological polar surface area (TPSA) is 19.6 Å². The van der Waals surface area contributed by atoms with Crippen molar-refractivity contribution in [2.45, 2.75) is 0 Å². The Bertz CT molecular complexity index is 3170. The average Bonchev–Trinajstić information content (AvgIpc) is 3.82. The van der Waals surface area contributed by atoms with E-state index in [1.165, 1.54) is 42.1 Å². The molecule has 2 aromatic heterocycles. The van der Waals surface area contributed by atoms with Crippen LogP contribution in [0, 0.1) is 0 Å². The van der Waals surface area contributed by atoms with E-state index in [2.05, 4.69) is 204 Å². The highest BCUT2D eigenvalue weighted by atomic mass is 32.1. The van der Waals surface area contributed by atoms with E-state index in [0.717, 1.165) is 56.1 Å². The summed E-state index contributed by atoms with van der Waals surface area (Å²) >= 11 is 1.85. The van der Waals surface area contributed by atoms with Crippen molar-refractivity contribution < 1.29 is 4.42 Å². The monoisotopic (exact) mass is 734 g/mol. The number of fused-ring (bicyclic) bond motifs is 7.